The van der Waals surface area contributed by atoms with E-state index in [-0.39, 0.29) is 0 Å². The second-order valence-electron chi connectivity index (χ2n) is 3.67. The van der Waals surface area contributed by atoms with E-state index in [1.54, 1.807) is 0 Å². The highest BCUT2D eigenvalue weighted by Gasteiger charge is 2.04. The monoisotopic (exact) mass is 221 g/mol. The molecule has 2 aromatic heterocycles. The number of aromatic nitrogens is 2. The molecule has 0 spiro atoms. The second kappa shape index (κ2) is 4.16. The number of rotatable bonds is 3. The molecule has 2 heterocycles. The van der Waals surface area contributed by atoms with Crippen LogP contribution in [-0.2, 0) is 13.1 Å². The normalized spacial score (nSPS) is 10.9. The third-order valence-corrected chi connectivity index (χ3v) is 3.69. The first-order valence-corrected chi connectivity index (χ1v) is 5.77. The standard InChI is InChI=1S/C11H15N3S/c1-8-3-11(15-9(8)2)6-14-7-13-5-10(14)4-12/h3,5,7H,4,6,12H2,1-2H3. The van der Waals surface area contributed by atoms with Gasteiger partial charge in [-0.15, -0.1) is 11.3 Å². The molecule has 2 aromatic rings. The minimum Gasteiger partial charge on any atom is -0.328 e. The predicted octanol–water partition coefficient (Wildman–Crippen LogP) is 2.07. The lowest BCUT2D eigenvalue weighted by atomic mass is 10.3. The third-order valence-electron chi connectivity index (χ3n) is 2.55. The molecule has 0 fully saturated rings. The third kappa shape index (κ3) is 2.11. The zero-order chi connectivity index (χ0) is 10.8. The Hall–Kier alpha value is -1.13. The summed E-state index contributed by atoms with van der Waals surface area (Å²) in [6.07, 6.45) is 3.67. The van der Waals surface area contributed by atoms with E-state index in [2.05, 4.69) is 29.5 Å². The molecule has 2 N–H and O–H groups in total. The summed E-state index contributed by atoms with van der Waals surface area (Å²) < 4.78 is 2.10. The van der Waals surface area contributed by atoms with Crippen LogP contribution < -0.4 is 5.73 Å². The topological polar surface area (TPSA) is 43.8 Å². The van der Waals surface area contributed by atoms with Gasteiger partial charge < -0.3 is 10.3 Å². The van der Waals surface area contributed by atoms with Crippen LogP contribution in [0.1, 0.15) is 21.0 Å². The van der Waals surface area contributed by atoms with E-state index in [9.17, 15) is 0 Å². The first-order valence-electron chi connectivity index (χ1n) is 4.95. The highest BCUT2D eigenvalue weighted by molar-refractivity contribution is 7.12. The number of aryl methyl sites for hydroxylation is 2. The summed E-state index contributed by atoms with van der Waals surface area (Å²) in [6.45, 7) is 5.73. The molecule has 0 radical (unpaired) electrons. The van der Waals surface area contributed by atoms with Gasteiger partial charge in [0.15, 0.2) is 0 Å². The zero-order valence-corrected chi connectivity index (χ0v) is 9.84. The minimum atomic E-state index is 0.545. The number of thiophene rings is 1. The van der Waals surface area contributed by atoms with E-state index in [1.807, 2.05) is 23.9 Å². The molecule has 0 saturated heterocycles. The Balaban J connectivity index is 2.21. The molecular weight excluding hydrogens is 206 g/mol. The van der Waals surface area contributed by atoms with Crippen LogP contribution in [0.4, 0.5) is 0 Å². The van der Waals surface area contributed by atoms with Crippen molar-refractivity contribution in [3.05, 3.63) is 39.6 Å². The van der Waals surface area contributed by atoms with Crippen molar-refractivity contribution in [2.45, 2.75) is 26.9 Å². The highest BCUT2D eigenvalue weighted by Crippen LogP contribution is 2.21. The smallest absolute Gasteiger partial charge is 0.0952 e. The van der Waals surface area contributed by atoms with Gasteiger partial charge in [0.1, 0.15) is 0 Å². The maximum Gasteiger partial charge on any atom is 0.0952 e. The molecule has 0 unspecified atom stereocenters. The summed E-state index contributed by atoms with van der Waals surface area (Å²) in [6, 6.07) is 2.24. The van der Waals surface area contributed by atoms with Crippen LogP contribution in [-0.4, -0.2) is 9.55 Å². The molecule has 80 valence electrons. The largest absolute Gasteiger partial charge is 0.328 e. The molecule has 0 saturated carbocycles. The van der Waals surface area contributed by atoms with Crippen LogP contribution in [0.25, 0.3) is 0 Å². The summed E-state index contributed by atoms with van der Waals surface area (Å²) >= 11 is 1.84. The Morgan fingerprint density at radius 3 is 2.87 bits per heavy atom. The average Bonchev–Trinajstić information content (AvgIpc) is 2.75. The van der Waals surface area contributed by atoms with Gasteiger partial charge >= 0.3 is 0 Å². The summed E-state index contributed by atoms with van der Waals surface area (Å²) in [7, 11) is 0. The SMILES string of the molecule is Cc1cc(Cn2cncc2CN)sc1C. The Morgan fingerprint density at radius 2 is 2.27 bits per heavy atom. The van der Waals surface area contributed by atoms with Gasteiger partial charge in [0.2, 0.25) is 0 Å². The van der Waals surface area contributed by atoms with E-state index >= 15 is 0 Å². The molecule has 3 nitrogen and oxygen atoms in total. The van der Waals surface area contributed by atoms with Crippen molar-refractivity contribution in [3.8, 4) is 0 Å². The fourth-order valence-corrected chi connectivity index (χ4v) is 2.61. The van der Waals surface area contributed by atoms with Gasteiger partial charge in [-0.1, -0.05) is 0 Å². The van der Waals surface area contributed by atoms with Gasteiger partial charge in [0.05, 0.1) is 18.6 Å². The van der Waals surface area contributed by atoms with Crippen LogP contribution in [0, 0.1) is 13.8 Å². The maximum absolute atomic E-state index is 5.63. The molecule has 0 amide bonds. The maximum atomic E-state index is 5.63. The van der Waals surface area contributed by atoms with Crippen LogP contribution in [0.2, 0.25) is 0 Å². The Bertz CT molecular complexity index is 437. The van der Waals surface area contributed by atoms with Gasteiger partial charge in [0.25, 0.3) is 0 Å². The van der Waals surface area contributed by atoms with Crippen LogP contribution in [0.5, 0.6) is 0 Å². The van der Waals surface area contributed by atoms with Crippen molar-refractivity contribution in [1.82, 2.24) is 9.55 Å². The van der Waals surface area contributed by atoms with Gasteiger partial charge in [0, 0.05) is 22.5 Å². The van der Waals surface area contributed by atoms with Crippen molar-refractivity contribution in [2.24, 2.45) is 5.73 Å². The lowest BCUT2D eigenvalue weighted by Gasteiger charge is -2.03. The number of hydrogen-bond acceptors (Lipinski definition) is 3. The second-order valence-corrected chi connectivity index (χ2v) is 5.01. The first-order chi connectivity index (χ1) is 7.20. The quantitative estimate of drug-likeness (QED) is 0.862. The van der Waals surface area contributed by atoms with Crippen molar-refractivity contribution in [3.63, 3.8) is 0 Å². The lowest BCUT2D eigenvalue weighted by Crippen LogP contribution is -2.06. The van der Waals surface area contributed by atoms with Gasteiger partial charge in [-0.05, 0) is 25.5 Å². The van der Waals surface area contributed by atoms with Crippen LogP contribution >= 0.6 is 11.3 Å². The van der Waals surface area contributed by atoms with Crippen molar-refractivity contribution < 1.29 is 0 Å². The number of imidazole rings is 1. The summed E-state index contributed by atoms with van der Waals surface area (Å²) in [5.41, 5.74) is 8.07. The highest BCUT2D eigenvalue weighted by atomic mass is 32.1. The molecule has 0 aliphatic heterocycles. The molecular formula is C11H15N3S. The number of nitrogens with zero attached hydrogens (tertiary/aromatic N) is 2. The molecule has 15 heavy (non-hydrogen) atoms. The molecule has 0 aliphatic carbocycles. The van der Waals surface area contributed by atoms with E-state index in [0.29, 0.717) is 6.54 Å². The zero-order valence-electron chi connectivity index (χ0n) is 9.03. The van der Waals surface area contributed by atoms with Gasteiger partial charge in [-0.3, -0.25) is 0 Å². The van der Waals surface area contributed by atoms with Gasteiger partial charge in [-0.2, -0.15) is 0 Å². The van der Waals surface area contributed by atoms with E-state index in [0.717, 1.165) is 12.2 Å². The fourth-order valence-electron chi connectivity index (χ4n) is 1.56. The van der Waals surface area contributed by atoms with Gasteiger partial charge in [-0.25, -0.2) is 4.98 Å². The Kier molecular flexibility index (Phi) is 2.88. The Morgan fingerprint density at radius 1 is 1.47 bits per heavy atom. The molecule has 0 aliphatic rings. The van der Waals surface area contributed by atoms with Crippen LogP contribution in [0.3, 0.4) is 0 Å². The molecule has 4 heteroatoms. The molecule has 2 rings (SSSR count). The van der Waals surface area contributed by atoms with Crippen LogP contribution in [0.15, 0.2) is 18.6 Å². The molecule has 0 aromatic carbocycles. The number of nitrogens with two attached hydrogens (primary N) is 1. The summed E-state index contributed by atoms with van der Waals surface area (Å²) in [5.74, 6) is 0. The predicted molar refractivity (Wildman–Crippen MR) is 63.0 cm³/mol. The van der Waals surface area contributed by atoms with Crippen molar-refractivity contribution in [2.75, 3.05) is 0 Å². The molecule has 0 bridgehead atoms. The molecule has 0 atom stereocenters. The van der Waals surface area contributed by atoms with E-state index in [4.69, 9.17) is 5.73 Å². The number of hydrogen-bond donors (Lipinski definition) is 1. The first kappa shape index (κ1) is 10.4. The van der Waals surface area contributed by atoms with Crippen molar-refractivity contribution >= 4 is 11.3 Å². The Labute approximate surface area is 93.6 Å². The van der Waals surface area contributed by atoms with E-state index < -0.39 is 0 Å². The summed E-state index contributed by atoms with van der Waals surface area (Å²) in [5, 5.41) is 0. The summed E-state index contributed by atoms with van der Waals surface area (Å²) in [4.78, 5) is 6.85. The lowest BCUT2D eigenvalue weighted by molar-refractivity contribution is 0.748. The minimum absolute atomic E-state index is 0.545. The van der Waals surface area contributed by atoms with E-state index in [1.165, 1.54) is 15.3 Å². The average molecular weight is 221 g/mol. The van der Waals surface area contributed by atoms with Crippen molar-refractivity contribution in [1.29, 1.82) is 0 Å². The fraction of sp³-hybridized carbons (Fsp3) is 0.364.